The van der Waals surface area contributed by atoms with Crippen molar-refractivity contribution >= 4 is 35.0 Å². The molecule has 10 heteroatoms. The molecule has 1 saturated heterocycles. The van der Waals surface area contributed by atoms with Crippen LogP contribution < -0.4 is 25.0 Å². The van der Waals surface area contributed by atoms with E-state index >= 15 is 0 Å². The Kier molecular flexibility index (Phi) is 7.77. The second-order valence-corrected chi connectivity index (χ2v) is 7.28. The molecule has 2 aromatic rings. The van der Waals surface area contributed by atoms with E-state index in [1.807, 2.05) is 23.1 Å². The zero-order valence-electron chi connectivity index (χ0n) is 17.6. The van der Waals surface area contributed by atoms with Gasteiger partial charge in [-0.25, -0.2) is 9.78 Å². The van der Waals surface area contributed by atoms with Crippen molar-refractivity contribution in [1.82, 2.24) is 15.2 Å². The van der Waals surface area contributed by atoms with Crippen LogP contribution in [-0.2, 0) is 4.79 Å². The van der Waals surface area contributed by atoms with Crippen LogP contribution in [0.15, 0.2) is 36.5 Å². The molecule has 0 saturated carbocycles. The molecule has 0 spiro atoms. The van der Waals surface area contributed by atoms with Gasteiger partial charge in [0.15, 0.2) is 0 Å². The largest absolute Gasteiger partial charge is 0.495 e. The van der Waals surface area contributed by atoms with E-state index in [0.717, 1.165) is 18.9 Å². The van der Waals surface area contributed by atoms with Gasteiger partial charge >= 0.3 is 6.03 Å². The standard InChI is InChI=1S/C21H26ClN5O4/c1-30-17-14-18(31-2)16(13-15(17)22)25-21(29)24-8-6-20(28)27-11-9-26(10-12-27)19-5-3-4-7-23-19/h3-5,7,13-14H,6,8-12H2,1-2H3,(H2,24,25,29). The number of carbonyl (C=O) groups excluding carboxylic acids is 2. The van der Waals surface area contributed by atoms with Crippen LogP contribution in [0.25, 0.3) is 0 Å². The fraction of sp³-hybridized carbons (Fsp3) is 0.381. The smallest absolute Gasteiger partial charge is 0.319 e. The predicted molar refractivity (Wildman–Crippen MR) is 119 cm³/mol. The number of hydrogen-bond acceptors (Lipinski definition) is 6. The Labute approximate surface area is 186 Å². The molecule has 0 unspecified atom stereocenters. The number of hydrogen-bond donors (Lipinski definition) is 2. The van der Waals surface area contributed by atoms with Crippen molar-refractivity contribution < 1.29 is 19.1 Å². The SMILES string of the molecule is COc1cc(OC)c(NC(=O)NCCC(=O)N2CCN(c3ccccn3)CC2)cc1Cl. The number of halogens is 1. The first-order valence-corrected chi connectivity index (χ1v) is 10.3. The molecule has 0 bridgehead atoms. The van der Waals surface area contributed by atoms with Gasteiger partial charge in [0.2, 0.25) is 5.91 Å². The second-order valence-electron chi connectivity index (χ2n) is 6.87. The van der Waals surface area contributed by atoms with Crippen LogP contribution in [0.1, 0.15) is 6.42 Å². The van der Waals surface area contributed by atoms with Crippen molar-refractivity contribution in [3.05, 3.63) is 41.6 Å². The fourth-order valence-electron chi connectivity index (χ4n) is 3.29. The minimum Gasteiger partial charge on any atom is -0.495 e. The number of urea groups is 1. The average Bonchev–Trinajstić information content (AvgIpc) is 2.80. The van der Waals surface area contributed by atoms with E-state index in [4.69, 9.17) is 21.1 Å². The van der Waals surface area contributed by atoms with Crippen molar-refractivity contribution in [2.24, 2.45) is 0 Å². The van der Waals surface area contributed by atoms with Crippen molar-refractivity contribution in [2.45, 2.75) is 6.42 Å². The van der Waals surface area contributed by atoms with Gasteiger partial charge in [-0.15, -0.1) is 0 Å². The maximum absolute atomic E-state index is 12.5. The first-order valence-electron chi connectivity index (χ1n) is 9.92. The Balaban J connectivity index is 1.43. The lowest BCUT2D eigenvalue weighted by Crippen LogP contribution is -2.49. The van der Waals surface area contributed by atoms with E-state index in [9.17, 15) is 9.59 Å². The van der Waals surface area contributed by atoms with Crippen molar-refractivity contribution in [2.75, 3.05) is 57.2 Å². The third kappa shape index (κ3) is 5.91. The number of aromatic nitrogens is 1. The molecule has 1 aliphatic heterocycles. The molecular weight excluding hydrogens is 422 g/mol. The number of carbonyl (C=O) groups is 2. The first-order chi connectivity index (χ1) is 15.0. The van der Waals surface area contributed by atoms with Gasteiger partial charge in [-0.2, -0.15) is 0 Å². The highest BCUT2D eigenvalue weighted by atomic mass is 35.5. The predicted octanol–water partition coefficient (Wildman–Crippen LogP) is 2.61. The quantitative estimate of drug-likeness (QED) is 0.677. The minimum absolute atomic E-state index is 0.00560. The van der Waals surface area contributed by atoms with Crippen molar-refractivity contribution in [3.63, 3.8) is 0 Å². The zero-order chi connectivity index (χ0) is 22.2. The molecule has 1 fully saturated rings. The summed E-state index contributed by atoms with van der Waals surface area (Å²) in [6, 6.07) is 8.48. The highest BCUT2D eigenvalue weighted by Gasteiger charge is 2.21. The van der Waals surface area contributed by atoms with Gasteiger partial charge in [0.25, 0.3) is 0 Å². The van der Waals surface area contributed by atoms with E-state index in [0.29, 0.717) is 35.3 Å². The summed E-state index contributed by atoms with van der Waals surface area (Å²) in [4.78, 5) is 33.0. The topological polar surface area (TPSA) is 96.0 Å². The molecule has 1 aromatic heterocycles. The average molecular weight is 448 g/mol. The lowest BCUT2D eigenvalue weighted by atomic mass is 10.2. The lowest BCUT2D eigenvalue weighted by Gasteiger charge is -2.35. The van der Waals surface area contributed by atoms with Crippen LogP contribution in [-0.4, -0.2) is 68.8 Å². The summed E-state index contributed by atoms with van der Waals surface area (Å²) >= 11 is 6.11. The van der Waals surface area contributed by atoms with Gasteiger partial charge in [0.1, 0.15) is 17.3 Å². The minimum atomic E-state index is -0.452. The monoisotopic (exact) mass is 447 g/mol. The number of anilines is 2. The molecule has 1 aliphatic rings. The lowest BCUT2D eigenvalue weighted by molar-refractivity contribution is -0.131. The van der Waals surface area contributed by atoms with Crippen LogP contribution in [0.5, 0.6) is 11.5 Å². The summed E-state index contributed by atoms with van der Waals surface area (Å²) in [5.41, 5.74) is 0.405. The third-order valence-electron chi connectivity index (χ3n) is 4.95. The number of rotatable bonds is 7. The summed E-state index contributed by atoms with van der Waals surface area (Å²) in [5.74, 6) is 1.78. The zero-order valence-corrected chi connectivity index (χ0v) is 18.3. The Morgan fingerprint density at radius 1 is 1.10 bits per heavy atom. The number of pyridine rings is 1. The van der Waals surface area contributed by atoms with E-state index in [2.05, 4.69) is 20.5 Å². The number of methoxy groups -OCH3 is 2. The van der Waals surface area contributed by atoms with Gasteiger partial charge in [-0.05, 0) is 18.2 Å². The summed E-state index contributed by atoms with van der Waals surface area (Å²) in [6.45, 7) is 2.94. The maximum atomic E-state index is 12.5. The summed E-state index contributed by atoms with van der Waals surface area (Å²) in [7, 11) is 2.98. The Morgan fingerprint density at radius 2 is 1.84 bits per heavy atom. The summed E-state index contributed by atoms with van der Waals surface area (Å²) in [6.07, 6.45) is 1.98. The fourth-order valence-corrected chi connectivity index (χ4v) is 3.53. The van der Waals surface area contributed by atoms with E-state index in [1.165, 1.54) is 14.2 Å². The number of piperazine rings is 1. The molecule has 166 valence electrons. The first kappa shape index (κ1) is 22.5. The number of nitrogens with zero attached hydrogens (tertiary/aromatic N) is 3. The van der Waals surface area contributed by atoms with Crippen LogP contribution in [0, 0.1) is 0 Å². The Hall–Kier alpha value is -3.20. The molecule has 1 aromatic carbocycles. The molecule has 0 atom stereocenters. The Morgan fingerprint density at radius 3 is 2.48 bits per heavy atom. The van der Waals surface area contributed by atoms with E-state index < -0.39 is 6.03 Å². The maximum Gasteiger partial charge on any atom is 0.319 e. The molecule has 0 aliphatic carbocycles. The van der Waals surface area contributed by atoms with Crippen molar-refractivity contribution in [1.29, 1.82) is 0 Å². The summed E-state index contributed by atoms with van der Waals surface area (Å²) in [5, 5.41) is 5.71. The second kappa shape index (κ2) is 10.7. The van der Waals surface area contributed by atoms with Crippen LogP contribution in [0.4, 0.5) is 16.3 Å². The molecule has 0 radical (unpaired) electrons. The van der Waals surface area contributed by atoms with Crippen LogP contribution in [0.2, 0.25) is 5.02 Å². The van der Waals surface area contributed by atoms with E-state index in [1.54, 1.807) is 18.3 Å². The van der Waals surface area contributed by atoms with Crippen molar-refractivity contribution in [3.8, 4) is 11.5 Å². The molecular formula is C21H26ClN5O4. The van der Waals surface area contributed by atoms with Gasteiger partial charge < -0.3 is 29.9 Å². The molecule has 3 amide bonds. The summed E-state index contributed by atoms with van der Waals surface area (Å²) < 4.78 is 10.4. The third-order valence-corrected chi connectivity index (χ3v) is 5.25. The number of ether oxygens (including phenoxy) is 2. The Bertz CT molecular complexity index is 904. The number of nitrogens with one attached hydrogen (secondary N) is 2. The molecule has 3 rings (SSSR count). The number of amides is 3. The van der Waals surface area contributed by atoms with Crippen LogP contribution in [0.3, 0.4) is 0 Å². The highest BCUT2D eigenvalue weighted by molar-refractivity contribution is 6.32. The van der Waals surface area contributed by atoms with Gasteiger partial charge in [-0.3, -0.25) is 4.79 Å². The molecule has 2 N–H and O–H groups in total. The molecule has 9 nitrogen and oxygen atoms in total. The van der Waals surface area contributed by atoms with Gasteiger partial charge in [-0.1, -0.05) is 17.7 Å². The molecule has 31 heavy (non-hydrogen) atoms. The normalized spacial score (nSPS) is 13.5. The van der Waals surface area contributed by atoms with Gasteiger partial charge in [0.05, 0.1) is 24.9 Å². The van der Waals surface area contributed by atoms with Crippen LogP contribution >= 0.6 is 11.6 Å². The highest BCUT2D eigenvalue weighted by Crippen LogP contribution is 2.35. The van der Waals surface area contributed by atoms with Gasteiger partial charge in [0, 0.05) is 51.4 Å². The number of benzene rings is 1. The molecule has 2 heterocycles. The van der Waals surface area contributed by atoms with E-state index in [-0.39, 0.29) is 18.9 Å².